The van der Waals surface area contributed by atoms with Crippen LogP contribution in [0.4, 0.5) is 0 Å². The van der Waals surface area contributed by atoms with E-state index < -0.39 is 0 Å². The van der Waals surface area contributed by atoms with Gasteiger partial charge in [-0.2, -0.15) is 0 Å². The zero-order valence-electron chi connectivity index (χ0n) is 12.8. The largest absolute Gasteiger partial charge is 0.447 e. The molecular formula is C18H20N2O3. The number of aromatic nitrogens is 1. The lowest BCUT2D eigenvalue weighted by molar-refractivity contribution is 0.0234. The fourth-order valence-corrected chi connectivity index (χ4v) is 3.31. The third kappa shape index (κ3) is 2.88. The van der Waals surface area contributed by atoms with E-state index in [0.29, 0.717) is 30.2 Å². The van der Waals surface area contributed by atoms with Gasteiger partial charge >= 0.3 is 0 Å². The highest BCUT2D eigenvalue weighted by Gasteiger charge is 2.37. The number of aliphatic hydroxyl groups is 1. The number of hydrogen-bond acceptors (Lipinski definition) is 4. The molecular weight excluding hydrogens is 292 g/mol. The van der Waals surface area contributed by atoms with Crippen molar-refractivity contribution < 1.29 is 14.3 Å². The van der Waals surface area contributed by atoms with Crippen molar-refractivity contribution in [3.8, 4) is 0 Å². The van der Waals surface area contributed by atoms with Crippen molar-refractivity contribution in [2.45, 2.75) is 43.7 Å². The van der Waals surface area contributed by atoms with Crippen LogP contribution < -0.4 is 5.32 Å². The predicted molar refractivity (Wildman–Crippen MR) is 83.9 cm³/mol. The average Bonchev–Trinajstić information content (AvgIpc) is 3.27. The number of nitrogens with one attached hydrogen (secondary N) is 1. The quantitative estimate of drug-likeness (QED) is 0.890. The summed E-state index contributed by atoms with van der Waals surface area (Å²) in [7, 11) is 0. The molecule has 2 saturated carbocycles. The van der Waals surface area contributed by atoms with Crippen molar-refractivity contribution in [1.82, 2.24) is 10.3 Å². The molecule has 0 saturated heterocycles. The zero-order valence-corrected chi connectivity index (χ0v) is 12.8. The van der Waals surface area contributed by atoms with E-state index in [1.54, 1.807) is 0 Å². The first-order valence-electron chi connectivity index (χ1n) is 8.19. The van der Waals surface area contributed by atoms with Gasteiger partial charge in [-0.05, 0) is 37.2 Å². The number of benzene rings is 1. The molecule has 2 N–H and O–H groups in total. The van der Waals surface area contributed by atoms with Crippen LogP contribution in [-0.2, 0) is 0 Å². The van der Waals surface area contributed by atoms with E-state index >= 15 is 0 Å². The molecule has 1 amide bonds. The van der Waals surface area contributed by atoms with E-state index in [4.69, 9.17) is 4.42 Å². The maximum absolute atomic E-state index is 12.7. The van der Waals surface area contributed by atoms with Crippen LogP contribution in [0.15, 0.2) is 41.1 Å². The second-order valence-corrected chi connectivity index (χ2v) is 6.59. The molecule has 1 heterocycles. The van der Waals surface area contributed by atoms with E-state index in [1.807, 2.05) is 30.3 Å². The minimum absolute atomic E-state index is 0.101. The Morgan fingerprint density at radius 1 is 1.26 bits per heavy atom. The lowest BCUT2D eigenvalue weighted by Crippen LogP contribution is -2.41. The van der Waals surface area contributed by atoms with Crippen LogP contribution in [0, 0.1) is 5.92 Å². The van der Waals surface area contributed by atoms with Crippen LogP contribution in [0.5, 0.6) is 0 Å². The van der Waals surface area contributed by atoms with Crippen molar-refractivity contribution >= 4 is 5.91 Å². The minimum atomic E-state index is -0.253. The van der Waals surface area contributed by atoms with Crippen molar-refractivity contribution in [3.63, 3.8) is 0 Å². The van der Waals surface area contributed by atoms with Crippen LogP contribution in [-0.4, -0.2) is 22.1 Å². The standard InChI is InChI=1S/C18H20N2O3/c21-14-8-13(9-14)15(11-4-2-1-3-5-11)20-18(22)16-17(12-6-7-12)23-10-19-16/h1-5,10,12-15,21H,6-9H2,(H,20,22)/t13?,14?,15-/m0/s1. The molecule has 2 aromatic rings. The molecule has 5 nitrogen and oxygen atoms in total. The van der Waals surface area contributed by atoms with E-state index in [2.05, 4.69) is 10.3 Å². The molecule has 0 unspecified atom stereocenters. The summed E-state index contributed by atoms with van der Waals surface area (Å²) in [6.45, 7) is 0. The van der Waals surface area contributed by atoms with Gasteiger partial charge in [0.15, 0.2) is 12.1 Å². The summed E-state index contributed by atoms with van der Waals surface area (Å²) in [5.41, 5.74) is 1.47. The van der Waals surface area contributed by atoms with Crippen molar-refractivity contribution in [1.29, 1.82) is 0 Å². The first-order valence-corrected chi connectivity index (χ1v) is 8.19. The Morgan fingerprint density at radius 3 is 2.65 bits per heavy atom. The molecule has 5 heteroatoms. The highest BCUT2D eigenvalue weighted by atomic mass is 16.3. The second kappa shape index (κ2) is 5.81. The maximum Gasteiger partial charge on any atom is 0.274 e. The number of carbonyl (C=O) groups excluding carboxylic acids is 1. The van der Waals surface area contributed by atoms with Gasteiger partial charge < -0.3 is 14.8 Å². The van der Waals surface area contributed by atoms with Gasteiger partial charge in [-0.3, -0.25) is 4.79 Å². The molecule has 2 aliphatic carbocycles. The summed E-state index contributed by atoms with van der Waals surface area (Å²) in [6, 6.07) is 9.82. The topological polar surface area (TPSA) is 75.4 Å². The lowest BCUT2D eigenvalue weighted by atomic mass is 9.75. The van der Waals surface area contributed by atoms with Crippen molar-refractivity contribution in [3.05, 3.63) is 53.7 Å². The Kier molecular flexibility index (Phi) is 3.65. The summed E-state index contributed by atoms with van der Waals surface area (Å²) in [5, 5.41) is 12.7. The van der Waals surface area contributed by atoms with Crippen molar-refractivity contribution in [2.75, 3.05) is 0 Å². The van der Waals surface area contributed by atoms with Crippen LogP contribution >= 0.6 is 0 Å². The number of hydrogen-bond donors (Lipinski definition) is 2. The molecule has 2 fully saturated rings. The van der Waals surface area contributed by atoms with Gasteiger partial charge in [0.05, 0.1) is 12.1 Å². The number of rotatable bonds is 5. The van der Waals surface area contributed by atoms with Gasteiger partial charge in [-0.15, -0.1) is 0 Å². The molecule has 1 atom stereocenters. The SMILES string of the molecule is O=C(N[C@@H](c1ccccc1)C1CC(O)C1)c1ncoc1C1CC1. The molecule has 23 heavy (non-hydrogen) atoms. The summed E-state index contributed by atoms with van der Waals surface area (Å²) >= 11 is 0. The number of oxazole rings is 1. The summed E-state index contributed by atoms with van der Waals surface area (Å²) in [5.74, 6) is 1.13. The normalized spacial score (nSPS) is 24.7. The Hall–Kier alpha value is -2.14. The third-order valence-corrected chi connectivity index (χ3v) is 4.82. The van der Waals surface area contributed by atoms with Crippen molar-refractivity contribution in [2.24, 2.45) is 5.92 Å². The fourth-order valence-electron chi connectivity index (χ4n) is 3.31. The highest BCUT2D eigenvalue weighted by Crippen LogP contribution is 2.42. The number of aliphatic hydroxyl groups excluding tert-OH is 1. The number of amides is 1. The lowest BCUT2D eigenvalue weighted by Gasteiger charge is -2.38. The van der Waals surface area contributed by atoms with Gasteiger partial charge in [0.2, 0.25) is 0 Å². The van der Waals surface area contributed by atoms with Crippen LogP contribution in [0.3, 0.4) is 0 Å². The van der Waals surface area contributed by atoms with Gasteiger partial charge in [0.25, 0.3) is 5.91 Å². The minimum Gasteiger partial charge on any atom is -0.447 e. The molecule has 0 radical (unpaired) electrons. The summed E-state index contributed by atoms with van der Waals surface area (Å²) < 4.78 is 5.40. The third-order valence-electron chi connectivity index (χ3n) is 4.82. The van der Waals surface area contributed by atoms with Crippen LogP contribution in [0.2, 0.25) is 0 Å². The molecule has 0 bridgehead atoms. The Balaban J connectivity index is 1.55. The molecule has 2 aliphatic rings. The molecule has 0 aliphatic heterocycles. The summed E-state index contributed by atoms with van der Waals surface area (Å²) in [6.07, 6.45) is 4.66. The average molecular weight is 312 g/mol. The first-order chi connectivity index (χ1) is 11.2. The van der Waals surface area contributed by atoms with E-state index in [-0.39, 0.29) is 24.0 Å². The molecule has 0 spiro atoms. The van der Waals surface area contributed by atoms with Gasteiger partial charge in [-0.25, -0.2) is 4.98 Å². The fraction of sp³-hybridized carbons (Fsp3) is 0.444. The second-order valence-electron chi connectivity index (χ2n) is 6.59. The molecule has 1 aromatic heterocycles. The van der Waals surface area contributed by atoms with Crippen LogP contribution in [0.1, 0.15) is 59.5 Å². The smallest absolute Gasteiger partial charge is 0.274 e. The molecule has 4 rings (SSSR count). The first kappa shape index (κ1) is 14.5. The number of nitrogens with zero attached hydrogens (tertiary/aromatic N) is 1. The predicted octanol–water partition coefficient (Wildman–Crippen LogP) is 2.79. The summed E-state index contributed by atoms with van der Waals surface area (Å²) in [4.78, 5) is 16.8. The van der Waals surface area contributed by atoms with Gasteiger partial charge in [0, 0.05) is 5.92 Å². The van der Waals surface area contributed by atoms with Gasteiger partial charge in [-0.1, -0.05) is 30.3 Å². The monoisotopic (exact) mass is 312 g/mol. The van der Waals surface area contributed by atoms with E-state index in [1.165, 1.54) is 6.39 Å². The molecule has 1 aromatic carbocycles. The Labute approximate surface area is 134 Å². The number of carbonyl (C=O) groups is 1. The van der Waals surface area contributed by atoms with E-state index in [0.717, 1.165) is 18.4 Å². The van der Waals surface area contributed by atoms with E-state index in [9.17, 15) is 9.90 Å². The Morgan fingerprint density at radius 2 is 2.00 bits per heavy atom. The van der Waals surface area contributed by atoms with Gasteiger partial charge in [0.1, 0.15) is 5.76 Å². The Bertz CT molecular complexity index is 687. The zero-order chi connectivity index (χ0) is 15.8. The van der Waals surface area contributed by atoms with Crippen LogP contribution in [0.25, 0.3) is 0 Å². The highest BCUT2D eigenvalue weighted by molar-refractivity contribution is 5.93. The maximum atomic E-state index is 12.7. The molecule has 120 valence electrons.